The molecular weight excluding hydrogens is 238 g/mol. The molecule has 0 aromatic heterocycles. The van der Waals surface area contributed by atoms with Gasteiger partial charge in [0.05, 0.1) is 23.0 Å². The minimum Gasteiger partial charge on any atom is -0.385 e. The van der Waals surface area contributed by atoms with Crippen molar-refractivity contribution in [3.05, 3.63) is 0 Å². The quantitative estimate of drug-likeness (QED) is 0.596. The number of rotatable bonds is 9. The van der Waals surface area contributed by atoms with Gasteiger partial charge in [0.1, 0.15) is 9.84 Å². The van der Waals surface area contributed by atoms with Crippen LogP contribution >= 0.6 is 0 Å². The lowest BCUT2D eigenvalue weighted by atomic mass is 9.89. The number of hydrogen-bond acceptors (Lipinski definition) is 4. The van der Waals surface area contributed by atoms with Crippen LogP contribution in [0.2, 0.25) is 0 Å². The minimum atomic E-state index is -2.94. The number of nitrogens with zero attached hydrogens (tertiary/aromatic N) is 1. The van der Waals surface area contributed by atoms with Crippen LogP contribution in [0.1, 0.15) is 39.5 Å². The number of unbranched alkanes of at least 4 members (excludes halogenated alkanes) is 1. The van der Waals surface area contributed by atoms with Gasteiger partial charge >= 0.3 is 0 Å². The van der Waals surface area contributed by atoms with Crippen LogP contribution in [0.5, 0.6) is 0 Å². The van der Waals surface area contributed by atoms with Crippen LogP contribution in [0.3, 0.4) is 0 Å². The molecule has 0 aromatic carbocycles. The number of hydrogen-bond donors (Lipinski definition) is 0. The van der Waals surface area contributed by atoms with Crippen LogP contribution in [0.25, 0.3) is 0 Å². The average molecular weight is 261 g/mol. The second kappa shape index (κ2) is 7.67. The van der Waals surface area contributed by atoms with E-state index in [2.05, 4.69) is 6.07 Å². The van der Waals surface area contributed by atoms with E-state index in [1.54, 1.807) is 7.11 Å². The molecule has 0 aliphatic rings. The Bertz CT molecular complexity index is 341. The fourth-order valence-corrected chi connectivity index (χ4v) is 2.88. The molecule has 0 bridgehead atoms. The van der Waals surface area contributed by atoms with Gasteiger partial charge in [-0.3, -0.25) is 0 Å². The molecule has 0 atom stereocenters. The van der Waals surface area contributed by atoms with E-state index >= 15 is 0 Å². The Hall–Kier alpha value is -0.600. The van der Waals surface area contributed by atoms with Crippen molar-refractivity contribution in [1.29, 1.82) is 5.26 Å². The van der Waals surface area contributed by atoms with Gasteiger partial charge in [-0.15, -0.1) is 0 Å². The first-order chi connectivity index (χ1) is 7.83. The second-order valence-electron chi connectivity index (χ2n) is 4.95. The molecule has 0 aliphatic heterocycles. The number of methoxy groups -OCH3 is 1. The van der Waals surface area contributed by atoms with Crippen molar-refractivity contribution in [2.24, 2.45) is 5.41 Å². The van der Waals surface area contributed by atoms with Crippen molar-refractivity contribution >= 4 is 9.84 Å². The number of ether oxygens (including phenoxy) is 1. The Kier molecular flexibility index (Phi) is 7.40. The Labute approximate surface area is 105 Å². The van der Waals surface area contributed by atoms with Crippen LogP contribution < -0.4 is 0 Å². The summed E-state index contributed by atoms with van der Waals surface area (Å²) in [5, 5.41) is 8.81. The molecule has 0 aliphatic carbocycles. The lowest BCUT2D eigenvalue weighted by molar-refractivity contribution is 0.199. The minimum absolute atomic E-state index is 0.197. The maximum absolute atomic E-state index is 11.6. The molecule has 0 spiro atoms. The van der Waals surface area contributed by atoms with Gasteiger partial charge in [-0.1, -0.05) is 6.42 Å². The lowest BCUT2D eigenvalue weighted by Gasteiger charge is -2.14. The molecule has 0 aromatic rings. The van der Waals surface area contributed by atoms with Crippen molar-refractivity contribution in [3.8, 4) is 6.07 Å². The zero-order chi connectivity index (χ0) is 13.4. The monoisotopic (exact) mass is 261 g/mol. The zero-order valence-corrected chi connectivity index (χ0v) is 11.8. The van der Waals surface area contributed by atoms with Crippen LogP contribution in [0.4, 0.5) is 0 Å². The van der Waals surface area contributed by atoms with Crippen LogP contribution in [-0.2, 0) is 14.6 Å². The molecule has 0 rings (SSSR count). The second-order valence-corrected chi connectivity index (χ2v) is 7.25. The van der Waals surface area contributed by atoms with Gasteiger partial charge in [0.25, 0.3) is 0 Å². The highest BCUT2D eigenvalue weighted by molar-refractivity contribution is 7.91. The summed E-state index contributed by atoms with van der Waals surface area (Å²) in [6.45, 7) is 4.24. The summed E-state index contributed by atoms with van der Waals surface area (Å²) in [5.41, 5.74) is -0.347. The SMILES string of the molecule is COCCCS(=O)(=O)CCCCC(C)(C)C#N. The van der Waals surface area contributed by atoms with Crippen molar-refractivity contribution in [1.82, 2.24) is 0 Å². The third-order valence-electron chi connectivity index (χ3n) is 2.61. The number of nitriles is 1. The van der Waals surface area contributed by atoms with Gasteiger partial charge < -0.3 is 4.74 Å². The number of sulfone groups is 1. The van der Waals surface area contributed by atoms with Crippen molar-refractivity contribution < 1.29 is 13.2 Å². The van der Waals surface area contributed by atoms with E-state index < -0.39 is 9.84 Å². The Morgan fingerprint density at radius 1 is 1.18 bits per heavy atom. The summed E-state index contributed by atoms with van der Waals surface area (Å²) in [5.74, 6) is 0.417. The molecule has 0 radical (unpaired) electrons. The molecule has 17 heavy (non-hydrogen) atoms. The lowest BCUT2D eigenvalue weighted by Crippen LogP contribution is -2.14. The molecule has 5 heteroatoms. The van der Waals surface area contributed by atoms with Gasteiger partial charge in [-0.05, 0) is 33.1 Å². The van der Waals surface area contributed by atoms with Gasteiger partial charge in [-0.25, -0.2) is 8.42 Å². The van der Waals surface area contributed by atoms with E-state index in [-0.39, 0.29) is 16.9 Å². The predicted molar refractivity (Wildman–Crippen MR) is 68.4 cm³/mol. The highest BCUT2D eigenvalue weighted by Crippen LogP contribution is 2.21. The van der Waals surface area contributed by atoms with E-state index in [0.29, 0.717) is 19.4 Å². The Morgan fingerprint density at radius 3 is 2.29 bits per heavy atom. The zero-order valence-electron chi connectivity index (χ0n) is 11.0. The van der Waals surface area contributed by atoms with Gasteiger partial charge in [0.2, 0.25) is 0 Å². The maximum Gasteiger partial charge on any atom is 0.150 e. The van der Waals surface area contributed by atoms with E-state index in [1.165, 1.54) is 0 Å². The van der Waals surface area contributed by atoms with Crippen LogP contribution in [0.15, 0.2) is 0 Å². The maximum atomic E-state index is 11.6. The molecule has 0 amide bonds. The normalized spacial score (nSPS) is 12.4. The standard InChI is InChI=1S/C12H23NO3S/c1-12(2,11-13)7-4-5-9-17(14,15)10-6-8-16-3/h4-10H2,1-3H3. The molecular formula is C12H23NO3S. The summed E-state index contributed by atoms with van der Waals surface area (Å²) in [4.78, 5) is 0. The van der Waals surface area contributed by atoms with E-state index in [0.717, 1.165) is 12.8 Å². The van der Waals surface area contributed by atoms with Gasteiger partial charge in [0.15, 0.2) is 0 Å². The molecule has 4 nitrogen and oxygen atoms in total. The Balaban J connectivity index is 3.78. The van der Waals surface area contributed by atoms with E-state index in [1.807, 2.05) is 13.8 Å². The van der Waals surface area contributed by atoms with Crippen molar-refractivity contribution in [3.63, 3.8) is 0 Å². The first-order valence-corrected chi connectivity index (χ1v) is 7.76. The summed E-state index contributed by atoms with van der Waals surface area (Å²) >= 11 is 0. The van der Waals surface area contributed by atoms with E-state index in [4.69, 9.17) is 10.00 Å². The predicted octanol–water partition coefficient (Wildman–Crippen LogP) is 2.16. The smallest absolute Gasteiger partial charge is 0.150 e. The fraction of sp³-hybridized carbons (Fsp3) is 0.917. The van der Waals surface area contributed by atoms with Crippen LogP contribution in [0, 0.1) is 16.7 Å². The molecule has 0 saturated carbocycles. The van der Waals surface area contributed by atoms with Gasteiger partial charge in [0, 0.05) is 13.7 Å². The largest absolute Gasteiger partial charge is 0.385 e. The molecule has 0 unspecified atom stereocenters. The first kappa shape index (κ1) is 16.4. The summed E-state index contributed by atoms with van der Waals surface area (Å²) in [6.07, 6.45) is 2.73. The Morgan fingerprint density at radius 2 is 1.76 bits per heavy atom. The summed E-state index contributed by atoms with van der Waals surface area (Å²) in [6, 6.07) is 2.21. The molecule has 0 heterocycles. The molecule has 0 saturated heterocycles. The van der Waals surface area contributed by atoms with Crippen molar-refractivity contribution in [2.45, 2.75) is 39.5 Å². The summed E-state index contributed by atoms with van der Waals surface area (Å²) < 4.78 is 28.0. The fourth-order valence-electron chi connectivity index (χ4n) is 1.47. The van der Waals surface area contributed by atoms with Crippen LogP contribution in [-0.4, -0.2) is 33.6 Å². The summed E-state index contributed by atoms with van der Waals surface area (Å²) in [7, 11) is -1.38. The highest BCUT2D eigenvalue weighted by Gasteiger charge is 2.17. The first-order valence-electron chi connectivity index (χ1n) is 5.93. The molecule has 100 valence electrons. The molecule has 0 N–H and O–H groups in total. The van der Waals surface area contributed by atoms with E-state index in [9.17, 15) is 8.42 Å². The third-order valence-corrected chi connectivity index (χ3v) is 4.43. The van der Waals surface area contributed by atoms with Crippen molar-refractivity contribution in [2.75, 3.05) is 25.2 Å². The van der Waals surface area contributed by atoms with Gasteiger partial charge in [-0.2, -0.15) is 5.26 Å². The molecule has 0 fully saturated rings. The highest BCUT2D eigenvalue weighted by atomic mass is 32.2. The topological polar surface area (TPSA) is 67.2 Å². The third kappa shape index (κ3) is 9.13. The average Bonchev–Trinajstić information content (AvgIpc) is 2.25.